The Kier molecular flexibility index (Phi) is 5.54. The summed E-state index contributed by atoms with van der Waals surface area (Å²) in [6.07, 6.45) is 2.14. The molecule has 0 aliphatic carbocycles. The van der Waals surface area contributed by atoms with Crippen molar-refractivity contribution in [2.45, 2.75) is 6.92 Å². The molecule has 5 nitrogen and oxygen atoms in total. The molecule has 0 unspecified atom stereocenters. The molecule has 0 aliphatic rings. The molecule has 0 heterocycles. The number of hydrogen-bond donors (Lipinski definition) is 0. The fraction of sp³-hybridized carbons (Fsp3) is 0.500. The van der Waals surface area contributed by atoms with E-state index in [0.29, 0.717) is 0 Å². The normalized spacial score (nSPS) is 10.1. The molecule has 0 spiro atoms. The first-order valence-electron chi connectivity index (χ1n) is 3.78. The van der Waals surface area contributed by atoms with Crippen LogP contribution in [0.4, 0.5) is 0 Å². The van der Waals surface area contributed by atoms with Gasteiger partial charge in [-0.15, -0.1) is 0 Å². The molecule has 0 N–H and O–H groups in total. The van der Waals surface area contributed by atoms with Gasteiger partial charge in [-0.3, -0.25) is 9.63 Å². The summed E-state index contributed by atoms with van der Waals surface area (Å²) < 4.78 is 4.57. The predicted molar refractivity (Wildman–Crippen MR) is 45.6 cm³/mol. The summed E-state index contributed by atoms with van der Waals surface area (Å²) in [7, 11) is 2.80. The van der Waals surface area contributed by atoms with Crippen molar-refractivity contribution in [2.75, 3.05) is 20.8 Å². The minimum atomic E-state index is -0.541. The Balaban J connectivity index is 3.97. The molecule has 0 saturated carbocycles. The van der Waals surface area contributed by atoms with Gasteiger partial charge in [0.25, 0.3) is 5.91 Å². The van der Waals surface area contributed by atoms with Gasteiger partial charge in [0.2, 0.25) is 0 Å². The minimum absolute atomic E-state index is 0.289. The van der Waals surface area contributed by atoms with Crippen LogP contribution in [0.25, 0.3) is 0 Å². The highest BCUT2D eigenvalue weighted by Crippen LogP contribution is 1.88. The Hall–Kier alpha value is -1.36. The van der Waals surface area contributed by atoms with E-state index < -0.39 is 11.9 Å². The molecule has 0 aromatic heterocycles. The molecular formula is C8H13NO4. The SMILES string of the molecule is CCOC(=O)/C=C/C(=O)N(C)OC. The van der Waals surface area contributed by atoms with E-state index in [2.05, 4.69) is 9.57 Å². The lowest BCUT2D eigenvalue weighted by Crippen LogP contribution is -2.23. The van der Waals surface area contributed by atoms with Crippen LogP contribution in [-0.4, -0.2) is 37.7 Å². The second kappa shape index (κ2) is 6.19. The molecule has 74 valence electrons. The summed E-state index contributed by atoms with van der Waals surface area (Å²) in [6, 6.07) is 0. The Morgan fingerprint density at radius 1 is 1.38 bits per heavy atom. The summed E-state index contributed by atoms with van der Waals surface area (Å²) in [4.78, 5) is 26.3. The maximum absolute atomic E-state index is 11.0. The van der Waals surface area contributed by atoms with E-state index in [1.165, 1.54) is 14.2 Å². The molecule has 0 aliphatic heterocycles. The van der Waals surface area contributed by atoms with Gasteiger partial charge in [0.05, 0.1) is 13.7 Å². The van der Waals surface area contributed by atoms with E-state index in [4.69, 9.17) is 0 Å². The van der Waals surface area contributed by atoms with Crippen molar-refractivity contribution in [1.29, 1.82) is 0 Å². The third-order valence-electron chi connectivity index (χ3n) is 1.23. The van der Waals surface area contributed by atoms with Crippen molar-refractivity contribution >= 4 is 11.9 Å². The van der Waals surface area contributed by atoms with E-state index >= 15 is 0 Å². The van der Waals surface area contributed by atoms with Crippen LogP contribution >= 0.6 is 0 Å². The first kappa shape index (κ1) is 11.6. The summed E-state index contributed by atoms with van der Waals surface area (Å²) in [5, 5.41) is 0.996. The molecular weight excluding hydrogens is 174 g/mol. The number of amides is 1. The molecule has 0 aromatic carbocycles. The van der Waals surface area contributed by atoms with Crippen molar-refractivity contribution in [3.05, 3.63) is 12.2 Å². The minimum Gasteiger partial charge on any atom is -0.463 e. The lowest BCUT2D eigenvalue weighted by atomic mass is 10.4. The van der Waals surface area contributed by atoms with Crippen LogP contribution in [0.1, 0.15) is 6.92 Å². The number of likely N-dealkylation sites (N-methyl/N-ethyl adjacent to an activating group) is 1. The molecule has 0 fully saturated rings. The average molecular weight is 187 g/mol. The molecule has 5 heteroatoms. The average Bonchev–Trinajstić information content (AvgIpc) is 2.13. The number of esters is 1. The quantitative estimate of drug-likeness (QED) is 0.356. The number of rotatable bonds is 4. The molecule has 13 heavy (non-hydrogen) atoms. The number of hydrogen-bond acceptors (Lipinski definition) is 4. The van der Waals surface area contributed by atoms with Crippen LogP contribution in [-0.2, 0) is 19.2 Å². The van der Waals surface area contributed by atoms with E-state index in [1.807, 2.05) is 0 Å². The lowest BCUT2D eigenvalue weighted by molar-refractivity contribution is -0.162. The van der Waals surface area contributed by atoms with Crippen LogP contribution in [0.3, 0.4) is 0 Å². The van der Waals surface area contributed by atoms with Crippen LogP contribution in [0.2, 0.25) is 0 Å². The summed E-state index contributed by atoms with van der Waals surface area (Å²) in [5.74, 6) is -0.962. The van der Waals surface area contributed by atoms with Gasteiger partial charge in [-0.25, -0.2) is 9.86 Å². The number of hydroxylamine groups is 2. The third-order valence-corrected chi connectivity index (χ3v) is 1.23. The zero-order chi connectivity index (χ0) is 10.3. The number of nitrogens with zero attached hydrogens (tertiary/aromatic N) is 1. The second-order valence-corrected chi connectivity index (χ2v) is 2.10. The van der Waals surface area contributed by atoms with Gasteiger partial charge in [-0.05, 0) is 6.92 Å². The molecule has 0 saturated heterocycles. The molecule has 0 bridgehead atoms. The van der Waals surface area contributed by atoms with Crippen molar-refractivity contribution in [3.63, 3.8) is 0 Å². The van der Waals surface area contributed by atoms with E-state index in [1.54, 1.807) is 6.92 Å². The van der Waals surface area contributed by atoms with E-state index in [9.17, 15) is 9.59 Å². The number of ether oxygens (including phenoxy) is 1. The third kappa shape index (κ3) is 4.97. The highest BCUT2D eigenvalue weighted by Gasteiger charge is 2.03. The molecule has 0 atom stereocenters. The first-order valence-corrected chi connectivity index (χ1v) is 3.78. The number of carbonyl (C=O) groups is 2. The van der Waals surface area contributed by atoms with Crippen LogP contribution in [0.15, 0.2) is 12.2 Å². The van der Waals surface area contributed by atoms with Gasteiger partial charge >= 0.3 is 5.97 Å². The van der Waals surface area contributed by atoms with Gasteiger partial charge in [-0.2, -0.15) is 0 Å². The van der Waals surface area contributed by atoms with E-state index in [0.717, 1.165) is 17.2 Å². The Morgan fingerprint density at radius 3 is 2.46 bits per heavy atom. The van der Waals surface area contributed by atoms with Gasteiger partial charge < -0.3 is 4.74 Å². The standard InChI is InChI=1S/C8H13NO4/c1-4-13-8(11)6-5-7(10)9(2)12-3/h5-6H,4H2,1-3H3/b6-5+. The van der Waals surface area contributed by atoms with Gasteiger partial charge in [0, 0.05) is 19.2 Å². The van der Waals surface area contributed by atoms with Gasteiger partial charge in [0.1, 0.15) is 0 Å². The second-order valence-electron chi connectivity index (χ2n) is 2.10. The maximum Gasteiger partial charge on any atom is 0.330 e. The highest BCUT2D eigenvalue weighted by atomic mass is 16.7. The topological polar surface area (TPSA) is 55.8 Å². The highest BCUT2D eigenvalue weighted by molar-refractivity contribution is 5.93. The van der Waals surface area contributed by atoms with Crippen molar-refractivity contribution in [2.24, 2.45) is 0 Å². The Labute approximate surface area is 76.9 Å². The van der Waals surface area contributed by atoms with Gasteiger partial charge in [-0.1, -0.05) is 0 Å². The van der Waals surface area contributed by atoms with Gasteiger partial charge in [0.15, 0.2) is 0 Å². The van der Waals surface area contributed by atoms with Crippen molar-refractivity contribution in [3.8, 4) is 0 Å². The van der Waals surface area contributed by atoms with E-state index in [-0.39, 0.29) is 6.61 Å². The summed E-state index contributed by atoms with van der Waals surface area (Å²) >= 11 is 0. The maximum atomic E-state index is 11.0. The summed E-state index contributed by atoms with van der Waals surface area (Å²) in [6.45, 7) is 1.98. The number of carbonyl (C=O) groups excluding carboxylic acids is 2. The Bertz CT molecular complexity index is 212. The first-order chi connectivity index (χ1) is 6.11. The van der Waals surface area contributed by atoms with Crippen LogP contribution < -0.4 is 0 Å². The Morgan fingerprint density at radius 2 is 2.00 bits per heavy atom. The lowest BCUT2D eigenvalue weighted by Gasteiger charge is -2.09. The predicted octanol–water partition coefficient (Wildman–Crippen LogP) is 0.125. The fourth-order valence-corrected chi connectivity index (χ4v) is 0.525. The van der Waals surface area contributed by atoms with Crippen molar-refractivity contribution in [1.82, 2.24) is 5.06 Å². The zero-order valence-corrected chi connectivity index (χ0v) is 7.94. The fourth-order valence-electron chi connectivity index (χ4n) is 0.525. The van der Waals surface area contributed by atoms with Crippen LogP contribution in [0, 0.1) is 0 Å². The molecule has 1 amide bonds. The van der Waals surface area contributed by atoms with Crippen LogP contribution in [0.5, 0.6) is 0 Å². The zero-order valence-electron chi connectivity index (χ0n) is 7.94. The molecule has 0 aromatic rings. The largest absolute Gasteiger partial charge is 0.463 e. The monoisotopic (exact) mass is 187 g/mol. The molecule has 0 rings (SSSR count). The van der Waals surface area contributed by atoms with Crippen molar-refractivity contribution < 1.29 is 19.2 Å². The summed E-state index contributed by atoms with van der Waals surface area (Å²) in [5.41, 5.74) is 0. The smallest absolute Gasteiger partial charge is 0.330 e. The molecule has 0 radical (unpaired) electrons.